The van der Waals surface area contributed by atoms with Crippen LogP contribution >= 0.6 is 0 Å². The molecule has 0 atom stereocenters. The first-order valence-corrected chi connectivity index (χ1v) is 5.48. The Morgan fingerprint density at radius 2 is 2.11 bits per heavy atom. The summed E-state index contributed by atoms with van der Waals surface area (Å²) in [6.45, 7) is 0. The second-order valence-corrected chi connectivity index (χ2v) is 4.33. The van der Waals surface area contributed by atoms with E-state index < -0.39 is 11.5 Å². The molecule has 6 nitrogen and oxygen atoms in total. The zero-order chi connectivity index (χ0) is 13.3. The Morgan fingerprint density at radius 3 is 2.61 bits per heavy atom. The Hall–Kier alpha value is -2.08. The van der Waals surface area contributed by atoms with Crippen LogP contribution in [0.2, 0.25) is 0 Å². The van der Waals surface area contributed by atoms with Crippen LogP contribution in [-0.2, 0) is 4.79 Å². The molecule has 2 rings (SSSR count). The Bertz CT molecular complexity index is 509. The van der Waals surface area contributed by atoms with Gasteiger partial charge in [0.1, 0.15) is 5.75 Å². The molecule has 1 fully saturated rings. The van der Waals surface area contributed by atoms with Gasteiger partial charge in [-0.05, 0) is 31.0 Å². The lowest BCUT2D eigenvalue weighted by Crippen LogP contribution is -2.37. The third-order valence-electron chi connectivity index (χ3n) is 2.94. The van der Waals surface area contributed by atoms with Gasteiger partial charge in [-0.3, -0.25) is 4.79 Å². The van der Waals surface area contributed by atoms with Gasteiger partial charge in [0.15, 0.2) is 0 Å². The molecule has 0 aromatic heterocycles. The van der Waals surface area contributed by atoms with Crippen LogP contribution in [0.25, 0.3) is 0 Å². The normalized spacial score (nSPS) is 15.9. The number of carbonyl (C=O) groups is 2. The number of aromatic carboxylic acids is 1. The number of nitrogens with one attached hydrogen (secondary N) is 1. The molecule has 4 N–H and O–H groups in total. The van der Waals surface area contributed by atoms with Crippen molar-refractivity contribution in [3.8, 4) is 5.75 Å². The highest BCUT2D eigenvalue weighted by molar-refractivity contribution is 6.02. The van der Waals surface area contributed by atoms with E-state index in [1.165, 1.54) is 25.3 Å². The summed E-state index contributed by atoms with van der Waals surface area (Å²) in [7, 11) is 1.45. The predicted molar refractivity (Wildman–Crippen MR) is 64.7 cm³/mol. The first-order valence-electron chi connectivity index (χ1n) is 5.48. The lowest BCUT2D eigenvalue weighted by atomic mass is 10.1. The highest BCUT2D eigenvalue weighted by Gasteiger charge is 2.46. The molecule has 18 heavy (non-hydrogen) atoms. The maximum absolute atomic E-state index is 11.8. The number of nitrogens with two attached hydrogens (primary N) is 1. The maximum Gasteiger partial charge on any atom is 0.335 e. The monoisotopic (exact) mass is 250 g/mol. The molecule has 0 radical (unpaired) electrons. The number of amides is 1. The minimum absolute atomic E-state index is 0.0768. The minimum atomic E-state index is -1.07. The number of ether oxygens (including phenoxy) is 1. The standard InChI is InChI=1S/C12H14N2O4/c1-18-9-3-2-7(10(15)16)6-8(9)14-11(17)12(13)4-5-12/h2-3,6H,4-5,13H2,1H3,(H,14,17)(H,15,16). The summed E-state index contributed by atoms with van der Waals surface area (Å²) in [6.07, 6.45) is 1.28. The minimum Gasteiger partial charge on any atom is -0.495 e. The number of rotatable bonds is 4. The van der Waals surface area contributed by atoms with E-state index in [-0.39, 0.29) is 11.5 Å². The van der Waals surface area contributed by atoms with Crippen molar-refractivity contribution >= 4 is 17.6 Å². The number of carboxylic acid groups (broad SMARTS) is 1. The number of methoxy groups -OCH3 is 1. The van der Waals surface area contributed by atoms with Gasteiger partial charge < -0.3 is 20.9 Å². The summed E-state index contributed by atoms with van der Waals surface area (Å²) >= 11 is 0. The summed E-state index contributed by atoms with van der Waals surface area (Å²) in [5.74, 6) is -0.983. The largest absolute Gasteiger partial charge is 0.495 e. The van der Waals surface area contributed by atoms with Crippen LogP contribution in [0.3, 0.4) is 0 Å². The van der Waals surface area contributed by atoms with Crippen molar-refractivity contribution in [2.45, 2.75) is 18.4 Å². The Labute approximate surface area is 104 Å². The van der Waals surface area contributed by atoms with Gasteiger partial charge in [-0.2, -0.15) is 0 Å². The molecule has 0 saturated heterocycles. The third-order valence-corrected chi connectivity index (χ3v) is 2.94. The second kappa shape index (κ2) is 4.30. The van der Waals surface area contributed by atoms with E-state index in [0.29, 0.717) is 24.3 Å². The summed E-state index contributed by atoms with van der Waals surface area (Å²) in [4.78, 5) is 22.7. The van der Waals surface area contributed by atoms with Crippen molar-refractivity contribution in [3.05, 3.63) is 23.8 Å². The van der Waals surface area contributed by atoms with Crippen molar-refractivity contribution < 1.29 is 19.4 Å². The van der Waals surface area contributed by atoms with Gasteiger partial charge in [0, 0.05) is 0 Å². The average Bonchev–Trinajstić information content (AvgIpc) is 3.08. The number of hydrogen-bond acceptors (Lipinski definition) is 4. The summed E-state index contributed by atoms with van der Waals surface area (Å²) in [6, 6.07) is 4.26. The van der Waals surface area contributed by atoms with Crippen molar-refractivity contribution in [1.82, 2.24) is 0 Å². The van der Waals surface area contributed by atoms with Crippen LogP contribution in [0.4, 0.5) is 5.69 Å². The van der Waals surface area contributed by atoms with E-state index in [0.717, 1.165) is 0 Å². The highest BCUT2D eigenvalue weighted by Crippen LogP contribution is 2.35. The molecule has 1 aliphatic rings. The van der Waals surface area contributed by atoms with Crippen molar-refractivity contribution in [2.75, 3.05) is 12.4 Å². The Kier molecular flexibility index (Phi) is 2.96. The van der Waals surface area contributed by atoms with E-state index in [9.17, 15) is 9.59 Å². The number of benzene rings is 1. The molecule has 96 valence electrons. The fourth-order valence-corrected chi connectivity index (χ4v) is 1.55. The van der Waals surface area contributed by atoms with E-state index in [1.54, 1.807) is 0 Å². The molecule has 0 heterocycles. The molecule has 1 amide bonds. The molecule has 1 aromatic rings. The van der Waals surface area contributed by atoms with E-state index in [2.05, 4.69) is 5.32 Å². The first kappa shape index (κ1) is 12.4. The number of hydrogen-bond donors (Lipinski definition) is 3. The molecular weight excluding hydrogens is 236 g/mol. The van der Waals surface area contributed by atoms with Gasteiger partial charge in [0.05, 0.1) is 23.9 Å². The lowest BCUT2D eigenvalue weighted by molar-refractivity contribution is -0.118. The molecule has 0 unspecified atom stereocenters. The lowest BCUT2D eigenvalue weighted by Gasteiger charge is -2.13. The molecule has 0 bridgehead atoms. The average molecular weight is 250 g/mol. The predicted octanol–water partition coefficient (Wildman–Crippen LogP) is 0.823. The SMILES string of the molecule is COc1ccc(C(=O)O)cc1NC(=O)C1(N)CC1. The van der Waals surface area contributed by atoms with Crippen LogP contribution in [0.15, 0.2) is 18.2 Å². The van der Waals surface area contributed by atoms with Gasteiger partial charge in [-0.15, -0.1) is 0 Å². The van der Waals surface area contributed by atoms with Crippen LogP contribution in [0, 0.1) is 0 Å². The fraction of sp³-hybridized carbons (Fsp3) is 0.333. The zero-order valence-corrected chi connectivity index (χ0v) is 9.90. The third kappa shape index (κ3) is 2.28. The van der Waals surface area contributed by atoms with E-state index in [4.69, 9.17) is 15.6 Å². The smallest absolute Gasteiger partial charge is 0.335 e. The van der Waals surface area contributed by atoms with Crippen molar-refractivity contribution in [1.29, 1.82) is 0 Å². The Balaban J connectivity index is 2.26. The number of carboxylic acids is 1. The zero-order valence-electron chi connectivity index (χ0n) is 9.90. The van der Waals surface area contributed by atoms with Gasteiger partial charge >= 0.3 is 5.97 Å². The molecule has 1 saturated carbocycles. The number of carbonyl (C=O) groups excluding carboxylic acids is 1. The van der Waals surface area contributed by atoms with Crippen molar-refractivity contribution in [3.63, 3.8) is 0 Å². The molecular formula is C12H14N2O4. The maximum atomic E-state index is 11.8. The summed E-state index contributed by atoms with van der Waals surface area (Å²) < 4.78 is 5.07. The quantitative estimate of drug-likeness (QED) is 0.734. The van der Waals surface area contributed by atoms with Crippen LogP contribution in [-0.4, -0.2) is 29.6 Å². The van der Waals surface area contributed by atoms with Gasteiger partial charge in [0.2, 0.25) is 5.91 Å². The number of anilines is 1. The van der Waals surface area contributed by atoms with Gasteiger partial charge in [-0.25, -0.2) is 4.79 Å². The molecule has 6 heteroatoms. The van der Waals surface area contributed by atoms with Crippen LogP contribution in [0.5, 0.6) is 5.75 Å². The van der Waals surface area contributed by atoms with Crippen LogP contribution in [0.1, 0.15) is 23.2 Å². The summed E-state index contributed by atoms with van der Waals surface area (Å²) in [5, 5.41) is 11.5. The molecule has 1 aliphatic carbocycles. The van der Waals surface area contributed by atoms with Crippen LogP contribution < -0.4 is 15.8 Å². The Morgan fingerprint density at radius 1 is 1.44 bits per heavy atom. The second-order valence-electron chi connectivity index (χ2n) is 4.33. The van der Waals surface area contributed by atoms with E-state index >= 15 is 0 Å². The fourth-order valence-electron chi connectivity index (χ4n) is 1.55. The molecule has 0 aliphatic heterocycles. The van der Waals surface area contributed by atoms with Gasteiger partial charge in [0.25, 0.3) is 0 Å². The first-order chi connectivity index (χ1) is 8.46. The highest BCUT2D eigenvalue weighted by atomic mass is 16.5. The molecule has 1 aromatic carbocycles. The topological polar surface area (TPSA) is 102 Å². The van der Waals surface area contributed by atoms with Gasteiger partial charge in [-0.1, -0.05) is 0 Å². The summed E-state index contributed by atoms with van der Waals surface area (Å²) in [5.41, 5.74) is 5.34. The molecule has 0 spiro atoms. The van der Waals surface area contributed by atoms with Crippen molar-refractivity contribution in [2.24, 2.45) is 5.73 Å². The van der Waals surface area contributed by atoms with E-state index in [1.807, 2.05) is 0 Å².